The van der Waals surface area contributed by atoms with Crippen molar-refractivity contribution in [1.29, 1.82) is 0 Å². The quantitative estimate of drug-likeness (QED) is 0.905. The molecule has 0 amide bonds. The average molecular weight is 335 g/mol. The second-order valence-electron chi connectivity index (χ2n) is 6.03. The summed E-state index contributed by atoms with van der Waals surface area (Å²) in [7, 11) is -1.87. The Morgan fingerprint density at radius 2 is 1.91 bits per heavy atom. The minimum absolute atomic E-state index is 0.0782. The van der Waals surface area contributed by atoms with Crippen LogP contribution in [0, 0.1) is 0 Å². The zero-order valence-electron chi connectivity index (χ0n) is 13.7. The van der Waals surface area contributed by atoms with Gasteiger partial charge in [-0.3, -0.25) is 0 Å². The Hall–Kier alpha value is -2.15. The van der Waals surface area contributed by atoms with Crippen LogP contribution in [-0.2, 0) is 16.4 Å². The van der Waals surface area contributed by atoms with Crippen molar-refractivity contribution in [3.8, 4) is 5.88 Å². The van der Waals surface area contributed by atoms with Gasteiger partial charge in [0.1, 0.15) is 0 Å². The van der Waals surface area contributed by atoms with Gasteiger partial charge in [-0.2, -0.15) is 0 Å². The molecule has 0 spiro atoms. The number of sulfone groups is 1. The highest BCUT2D eigenvalue weighted by Crippen LogP contribution is 2.24. The summed E-state index contributed by atoms with van der Waals surface area (Å²) in [4.78, 5) is 8.20. The number of nitrogens with zero attached hydrogens (tertiary/aromatic N) is 2. The van der Waals surface area contributed by atoms with E-state index in [1.807, 2.05) is 12.1 Å². The second kappa shape index (κ2) is 6.54. The van der Waals surface area contributed by atoms with E-state index >= 15 is 0 Å². The molecule has 2 rings (SSSR count). The molecule has 0 saturated carbocycles. The molecule has 0 bridgehead atoms. The number of anilines is 1. The predicted molar refractivity (Wildman–Crippen MR) is 89.3 cm³/mol. The maximum atomic E-state index is 12.3. The summed E-state index contributed by atoms with van der Waals surface area (Å²) in [5.41, 5.74) is 1.63. The Morgan fingerprint density at radius 3 is 2.48 bits per heavy atom. The van der Waals surface area contributed by atoms with Crippen LogP contribution in [0.5, 0.6) is 5.88 Å². The van der Waals surface area contributed by atoms with E-state index in [4.69, 9.17) is 4.74 Å². The summed E-state index contributed by atoms with van der Waals surface area (Å²) < 4.78 is 29.0. The van der Waals surface area contributed by atoms with Gasteiger partial charge < -0.3 is 10.1 Å². The Labute approximate surface area is 136 Å². The molecule has 0 saturated heterocycles. The number of methoxy groups -OCH3 is 1. The zero-order chi connectivity index (χ0) is 17.1. The van der Waals surface area contributed by atoms with Gasteiger partial charge in [0.25, 0.3) is 0 Å². The highest BCUT2D eigenvalue weighted by Gasteiger charge is 2.31. The third-order valence-electron chi connectivity index (χ3n) is 3.34. The van der Waals surface area contributed by atoms with Crippen molar-refractivity contribution >= 4 is 15.5 Å². The summed E-state index contributed by atoms with van der Waals surface area (Å²) in [6.07, 6.45) is 3.18. The SMILES string of the molecule is COc1ncccc1CNc1ccc(S(=O)(=O)C(C)(C)C)nc1. The molecule has 0 unspecified atom stereocenters. The summed E-state index contributed by atoms with van der Waals surface area (Å²) in [5, 5.41) is 3.25. The van der Waals surface area contributed by atoms with Crippen molar-refractivity contribution in [2.24, 2.45) is 0 Å². The first kappa shape index (κ1) is 17.2. The van der Waals surface area contributed by atoms with E-state index in [0.29, 0.717) is 12.4 Å². The summed E-state index contributed by atoms with van der Waals surface area (Å²) in [5.74, 6) is 0.555. The molecule has 2 aromatic rings. The first-order chi connectivity index (χ1) is 10.8. The standard InChI is InChI=1S/C16H21N3O3S/c1-16(2,3)23(20,21)14-8-7-13(11-19-14)18-10-12-6-5-9-17-15(12)22-4/h5-9,11,18H,10H2,1-4H3. The fourth-order valence-electron chi connectivity index (χ4n) is 1.90. The number of hydrogen-bond donors (Lipinski definition) is 1. The molecule has 0 radical (unpaired) electrons. The van der Waals surface area contributed by atoms with Gasteiger partial charge in [0.2, 0.25) is 5.88 Å². The molecule has 0 atom stereocenters. The minimum Gasteiger partial charge on any atom is -0.481 e. The second-order valence-corrected chi connectivity index (χ2v) is 8.68. The lowest BCUT2D eigenvalue weighted by molar-refractivity contribution is 0.393. The molecule has 0 aliphatic carbocycles. The van der Waals surface area contributed by atoms with Crippen LogP contribution < -0.4 is 10.1 Å². The molecule has 0 aliphatic rings. The average Bonchev–Trinajstić information content (AvgIpc) is 2.52. The monoisotopic (exact) mass is 335 g/mol. The molecule has 0 fully saturated rings. The predicted octanol–water partition coefficient (Wildman–Crippen LogP) is 2.67. The van der Waals surface area contributed by atoms with Crippen LogP contribution >= 0.6 is 0 Å². The highest BCUT2D eigenvalue weighted by molar-refractivity contribution is 7.92. The van der Waals surface area contributed by atoms with Crippen molar-refractivity contribution in [3.63, 3.8) is 0 Å². The number of hydrogen-bond acceptors (Lipinski definition) is 6. The van der Waals surface area contributed by atoms with E-state index in [1.54, 1.807) is 40.1 Å². The van der Waals surface area contributed by atoms with Gasteiger partial charge in [-0.05, 0) is 39.0 Å². The van der Waals surface area contributed by atoms with Gasteiger partial charge in [-0.25, -0.2) is 18.4 Å². The van der Waals surface area contributed by atoms with Crippen molar-refractivity contribution in [3.05, 3.63) is 42.2 Å². The minimum atomic E-state index is -3.44. The van der Waals surface area contributed by atoms with Crippen LogP contribution in [-0.4, -0.2) is 30.2 Å². The molecule has 0 aromatic carbocycles. The van der Waals surface area contributed by atoms with Crippen LogP contribution in [0.15, 0.2) is 41.7 Å². The van der Waals surface area contributed by atoms with Gasteiger partial charge >= 0.3 is 0 Å². The lowest BCUT2D eigenvalue weighted by atomic mass is 10.2. The lowest BCUT2D eigenvalue weighted by Crippen LogP contribution is -2.28. The van der Waals surface area contributed by atoms with Gasteiger partial charge in [0, 0.05) is 18.3 Å². The van der Waals surface area contributed by atoms with Crippen molar-refractivity contribution in [2.75, 3.05) is 12.4 Å². The fourth-order valence-corrected chi connectivity index (χ4v) is 2.96. The fraction of sp³-hybridized carbons (Fsp3) is 0.375. The van der Waals surface area contributed by atoms with Crippen LogP contribution in [0.3, 0.4) is 0 Å². The number of aromatic nitrogens is 2. The molecule has 124 valence electrons. The molecule has 2 aromatic heterocycles. The Bertz CT molecular complexity index is 766. The number of rotatable bonds is 5. The van der Waals surface area contributed by atoms with Crippen LogP contribution in [0.25, 0.3) is 0 Å². The van der Waals surface area contributed by atoms with E-state index in [1.165, 1.54) is 12.3 Å². The zero-order valence-corrected chi connectivity index (χ0v) is 14.5. The number of pyridine rings is 2. The summed E-state index contributed by atoms with van der Waals surface area (Å²) in [6, 6.07) is 6.96. The van der Waals surface area contributed by atoms with Crippen molar-refractivity contribution in [2.45, 2.75) is 37.1 Å². The van der Waals surface area contributed by atoms with E-state index in [9.17, 15) is 8.42 Å². The Kier molecular flexibility index (Phi) is 4.89. The number of ether oxygens (including phenoxy) is 1. The molecule has 1 N–H and O–H groups in total. The third-order valence-corrected chi connectivity index (χ3v) is 5.75. The normalized spacial score (nSPS) is 12.0. The molecular weight excluding hydrogens is 314 g/mol. The van der Waals surface area contributed by atoms with Gasteiger partial charge in [-0.15, -0.1) is 0 Å². The molecular formula is C16H21N3O3S. The van der Waals surface area contributed by atoms with E-state index in [0.717, 1.165) is 11.3 Å². The van der Waals surface area contributed by atoms with E-state index in [2.05, 4.69) is 15.3 Å². The van der Waals surface area contributed by atoms with Crippen LogP contribution in [0.1, 0.15) is 26.3 Å². The Balaban J connectivity index is 2.12. The molecule has 7 heteroatoms. The van der Waals surface area contributed by atoms with Crippen LogP contribution in [0.4, 0.5) is 5.69 Å². The summed E-state index contributed by atoms with van der Waals surface area (Å²) >= 11 is 0. The lowest BCUT2D eigenvalue weighted by Gasteiger charge is -2.18. The molecule has 0 aliphatic heterocycles. The molecule has 6 nitrogen and oxygen atoms in total. The van der Waals surface area contributed by atoms with Gasteiger partial charge in [0.05, 0.1) is 23.7 Å². The summed E-state index contributed by atoms with van der Waals surface area (Å²) in [6.45, 7) is 5.48. The molecule has 23 heavy (non-hydrogen) atoms. The first-order valence-corrected chi connectivity index (χ1v) is 8.66. The third kappa shape index (κ3) is 3.79. The van der Waals surface area contributed by atoms with E-state index < -0.39 is 14.6 Å². The molecule has 2 heterocycles. The van der Waals surface area contributed by atoms with Crippen molar-refractivity contribution < 1.29 is 13.2 Å². The highest BCUT2D eigenvalue weighted by atomic mass is 32.2. The van der Waals surface area contributed by atoms with E-state index in [-0.39, 0.29) is 5.03 Å². The number of nitrogens with one attached hydrogen (secondary N) is 1. The maximum absolute atomic E-state index is 12.3. The van der Waals surface area contributed by atoms with Crippen LogP contribution in [0.2, 0.25) is 0 Å². The largest absolute Gasteiger partial charge is 0.481 e. The maximum Gasteiger partial charge on any atom is 0.218 e. The smallest absolute Gasteiger partial charge is 0.218 e. The van der Waals surface area contributed by atoms with Crippen molar-refractivity contribution in [1.82, 2.24) is 9.97 Å². The van der Waals surface area contributed by atoms with Gasteiger partial charge in [0.15, 0.2) is 14.9 Å². The van der Waals surface area contributed by atoms with Gasteiger partial charge in [-0.1, -0.05) is 6.07 Å². The topological polar surface area (TPSA) is 81.2 Å². The Morgan fingerprint density at radius 1 is 1.17 bits per heavy atom. The first-order valence-electron chi connectivity index (χ1n) is 7.18.